The molecule has 0 radical (unpaired) electrons. The third kappa shape index (κ3) is 5.84. The van der Waals surface area contributed by atoms with E-state index in [1.54, 1.807) is 42.7 Å². The van der Waals surface area contributed by atoms with Crippen LogP contribution < -0.4 is 10.1 Å². The molecule has 0 spiro atoms. The van der Waals surface area contributed by atoms with Crippen LogP contribution in [0.2, 0.25) is 0 Å². The van der Waals surface area contributed by atoms with Gasteiger partial charge in [0.25, 0.3) is 5.91 Å². The van der Waals surface area contributed by atoms with E-state index in [1.165, 1.54) is 27.4 Å². The molecule has 1 amide bonds. The monoisotopic (exact) mass is 577 g/mol. The zero-order valence-electron chi connectivity index (χ0n) is 22.1. The summed E-state index contributed by atoms with van der Waals surface area (Å²) >= 11 is 2.65. The van der Waals surface area contributed by atoms with Crippen molar-refractivity contribution in [3.8, 4) is 11.5 Å². The average Bonchev–Trinajstić information content (AvgIpc) is 3.71. The number of aromatic nitrogens is 4. The second-order valence-corrected chi connectivity index (χ2v) is 11.6. The lowest BCUT2D eigenvalue weighted by Crippen LogP contribution is -2.13. The summed E-state index contributed by atoms with van der Waals surface area (Å²) in [6.45, 7) is 3.81. The van der Waals surface area contributed by atoms with Gasteiger partial charge in [-0.05, 0) is 49.8 Å². The Balaban J connectivity index is 1.32. The molecule has 1 N–H and O–H groups in total. The van der Waals surface area contributed by atoms with Gasteiger partial charge in [0.15, 0.2) is 10.0 Å². The lowest BCUT2D eigenvalue weighted by Gasteiger charge is -2.09. The second-order valence-electron chi connectivity index (χ2n) is 9.16. The minimum absolute atomic E-state index is 0.280. The van der Waals surface area contributed by atoms with Crippen LogP contribution in [0.3, 0.4) is 0 Å². The van der Waals surface area contributed by atoms with Crippen LogP contribution in [0.1, 0.15) is 40.6 Å². The van der Waals surface area contributed by atoms with Crippen molar-refractivity contribution in [1.29, 1.82) is 0 Å². The van der Waals surface area contributed by atoms with E-state index < -0.39 is 0 Å². The average molecular weight is 578 g/mol. The topological polar surface area (TPSA) is 99.0 Å². The Labute approximate surface area is 243 Å². The first kappa shape index (κ1) is 26.3. The number of aryl methyl sites for hydroxylation is 2. The van der Waals surface area contributed by atoms with E-state index in [0.29, 0.717) is 38.4 Å². The first-order valence-electron chi connectivity index (χ1n) is 12.7. The number of amides is 1. The number of rotatable bonds is 7. The highest BCUT2D eigenvalue weighted by Gasteiger charge is 2.20. The number of nitrogens with zero attached hydrogens (tertiary/aromatic N) is 4. The zero-order valence-corrected chi connectivity index (χ0v) is 23.7. The SMILES string of the molecule is Cc1cnc(C(=O)Nc2cccc(Oc3ccc4c(C=Cc5ccccc5)nn(C(=O)c5ncc(C)s5)c4c3)c2)s1. The van der Waals surface area contributed by atoms with E-state index in [-0.39, 0.29) is 11.8 Å². The van der Waals surface area contributed by atoms with Crippen molar-refractivity contribution in [2.45, 2.75) is 13.8 Å². The molecule has 6 aromatic rings. The number of thiazole rings is 2. The fourth-order valence-corrected chi connectivity index (χ4v) is 5.51. The fourth-order valence-electron chi connectivity index (χ4n) is 4.16. The molecule has 202 valence electrons. The van der Waals surface area contributed by atoms with Crippen LogP contribution in [0.25, 0.3) is 23.1 Å². The molecule has 3 heterocycles. The highest BCUT2D eigenvalue weighted by molar-refractivity contribution is 7.13. The van der Waals surface area contributed by atoms with Gasteiger partial charge in [-0.15, -0.1) is 22.7 Å². The van der Waals surface area contributed by atoms with E-state index in [4.69, 9.17) is 4.74 Å². The van der Waals surface area contributed by atoms with Crippen molar-refractivity contribution >= 4 is 63.2 Å². The van der Waals surface area contributed by atoms with Crippen LogP contribution >= 0.6 is 22.7 Å². The Hall–Kier alpha value is -4.93. The van der Waals surface area contributed by atoms with Gasteiger partial charge >= 0.3 is 5.91 Å². The van der Waals surface area contributed by atoms with Crippen molar-refractivity contribution in [3.63, 3.8) is 0 Å². The van der Waals surface area contributed by atoms with Crippen molar-refractivity contribution < 1.29 is 14.3 Å². The number of fused-ring (bicyclic) bond motifs is 1. The van der Waals surface area contributed by atoms with Gasteiger partial charge in [0.05, 0.1) is 11.2 Å². The van der Waals surface area contributed by atoms with Crippen LogP contribution in [-0.4, -0.2) is 31.6 Å². The fraction of sp³-hybridized carbons (Fsp3) is 0.0645. The maximum Gasteiger partial charge on any atom is 0.307 e. The van der Waals surface area contributed by atoms with Crippen molar-refractivity contribution in [1.82, 2.24) is 19.7 Å². The Bertz CT molecular complexity index is 1920. The molecule has 41 heavy (non-hydrogen) atoms. The van der Waals surface area contributed by atoms with Crippen LogP contribution in [0.15, 0.2) is 85.2 Å². The second kappa shape index (κ2) is 11.3. The van der Waals surface area contributed by atoms with Gasteiger partial charge in [0.1, 0.15) is 11.5 Å². The van der Waals surface area contributed by atoms with Crippen LogP contribution in [0.5, 0.6) is 11.5 Å². The molecule has 0 aliphatic carbocycles. The highest BCUT2D eigenvalue weighted by Crippen LogP contribution is 2.30. The molecule has 0 aliphatic heterocycles. The van der Waals surface area contributed by atoms with Gasteiger partial charge in [-0.2, -0.15) is 9.78 Å². The molecule has 0 bridgehead atoms. The molecule has 3 aromatic heterocycles. The number of carbonyl (C=O) groups excluding carboxylic acids is 2. The summed E-state index contributed by atoms with van der Waals surface area (Å²) in [6, 6.07) is 22.5. The number of nitrogens with one attached hydrogen (secondary N) is 1. The minimum Gasteiger partial charge on any atom is -0.457 e. The van der Waals surface area contributed by atoms with Gasteiger partial charge in [0, 0.05) is 45.4 Å². The first-order valence-corrected chi connectivity index (χ1v) is 14.3. The Morgan fingerprint density at radius 3 is 2.29 bits per heavy atom. The van der Waals surface area contributed by atoms with Crippen molar-refractivity contribution in [3.05, 3.63) is 116 Å². The quantitative estimate of drug-likeness (QED) is 0.211. The predicted molar refractivity (Wildman–Crippen MR) is 163 cm³/mol. The van der Waals surface area contributed by atoms with Gasteiger partial charge < -0.3 is 10.1 Å². The molecule has 0 aliphatic rings. The summed E-state index contributed by atoms with van der Waals surface area (Å²) in [5, 5.41) is 9.06. The summed E-state index contributed by atoms with van der Waals surface area (Å²) in [4.78, 5) is 36.3. The van der Waals surface area contributed by atoms with E-state index in [1.807, 2.05) is 68.5 Å². The molecule has 0 atom stereocenters. The predicted octanol–water partition coefficient (Wildman–Crippen LogP) is 7.47. The van der Waals surface area contributed by atoms with Gasteiger partial charge in [-0.3, -0.25) is 9.59 Å². The molecule has 0 unspecified atom stereocenters. The molecule has 10 heteroatoms. The van der Waals surface area contributed by atoms with E-state index >= 15 is 0 Å². The lowest BCUT2D eigenvalue weighted by molar-refractivity contribution is 0.0949. The normalized spacial score (nSPS) is 11.3. The Kier molecular flexibility index (Phi) is 7.24. The molecule has 8 nitrogen and oxygen atoms in total. The molecule has 0 saturated heterocycles. The maximum atomic E-state index is 13.4. The summed E-state index contributed by atoms with van der Waals surface area (Å²) in [5.41, 5.74) is 2.85. The lowest BCUT2D eigenvalue weighted by atomic mass is 10.1. The largest absolute Gasteiger partial charge is 0.457 e. The maximum absolute atomic E-state index is 13.4. The van der Waals surface area contributed by atoms with E-state index in [9.17, 15) is 9.59 Å². The number of anilines is 1. The molecule has 6 rings (SSSR count). The number of hydrogen-bond acceptors (Lipinski definition) is 8. The van der Waals surface area contributed by atoms with Crippen molar-refractivity contribution in [2.75, 3.05) is 5.32 Å². The summed E-state index contributed by atoms with van der Waals surface area (Å²) < 4.78 is 7.53. The summed E-state index contributed by atoms with van der Waals surface area (Å²) in [5.74, 6) is 0.443. The molecule has 0 fully saturated rings. The third-order valence-electron chi connectivity index (χ3n) is 6.05. The van der Waals surface area contributed by atoms with Gasteiger partial charge in [-0.25, -0.2) is 9.97 Å². The smallest absolute Gasteiger partial charge is 0.307 e. The zero-order chi connectivity index (χ0) is 28.3. The van der Waals surface area contributed by atoms with Crippen LogP contribution in [0, 0.1) is 13.8 Å². The Morgan fingerprint density at radius 1 is 0.829 bits per heavy atom. The summed E-state index contributed by atoms with van der Waals surface area (Å²) in [6.07, 6.45) is 7.20. The highest BCUT2D eigenvalue weighted by atomic mass is 32.1. The Morgan fingerprint density at radius 2 is 1.56 bits per heavy atom. The molecular formula is C31H23N5O3S2. The molecule has 0 saturated carbocycles. The number of benzene rings is 3. The van der Waals surface area contributed by atoms with Gasteiger partial charge in [0.2, 0.25) is 0 Å². The van der Waals surface area contributed by atoms with Crippen LogP contribution in [0.4, 0.5) is 5.69 Å². The molecular weight excluding hydrogens is 555 g/mol. The van der Waals surface area contributed by atoms with E-state index in [2.05, 4.69) is 20.4 Å². The number of ether oxygens (including phenoxy) is 1. The number of hydrogen-bond donors (Lipinski definition) is 1. The van der Waals surface area contributed by atoms with Gasteiger partial charge in [-0.1, -0.05) is 42.5 Å². The standard InChI is InChI=1S/C31H23N5O3S2/c1-19-17-32-29(40-19)28(37)34-22-9-6-10-23(15-22)39-24-12-13-25-26(14-11-21-7-4-3-5-8-21)35-36(27(25)16-24)31(38)30-33-18-20(2)41-30/h3-18H,1-2H3,(H,34,37). The number of carbonyl (C=O) groups is 2. The van der Waals surface area contributed by atoms with E-state index in [0.717, 1.165) is 20.7 Å². The summed E-state index contributed by atoms with van der Waals surface area (Å²) in [7, 11) is 0. The third-order valence-corrected chi connectivity index (χ3v) is 7.87. The van der Waals surface area contributed by atoms with Crippen molar-refractivity contribution in [2.24, 2.45) is 0 Å². The minimum atomic E-state index is -0.313. The van der Waals surface area contributed by atoms with Crippen LogP contribution in [-0.2, 0) is 0 Å². The first-order chi connectivity index (χ1) is 19.9. The molecule has 3 aromatic carbocycles.